The quantitative estimate of drug-likeness (QED) is 0.677. The molecule has 0 N–H and O–H groups in total. The minimum absolute atomic E-state index is 0.155. The SMILES string of the molecule is CC1(CCc2cccc(Cl)c2)CO1. The Bertz CT molecular complexity index is 305. The predicted molar refractivity (Wildman–Crippen MR) is 54.1 cm³/mol. The average molecular weight is 197 g/mol. The zero-order valence-electron chi connectivity index (χ0n) is 7.72. The number of rotatable bonds is 3. The molecule has 1 aromatic rings. The van der Waals surface area contributed by atoms with Gasteiger partial charge in [-0.25, -0.2) is 0 Å². The minimum Gasteiger partial charge on any atom is -0.370 e. The van der Waals surface area contributed by atoms with Gasteiger partial charge in [0.1, 0.15) is 0 Å². The van der Waals surface area contributed by atoms with E-state index in [1.807, 2.05) is 18.2 Å². The molecule has 1 heterocycles. The summed E-state index contributed by atoms with van der Waals surface area (Å²) in [6.07, 6.45) is 2.14. The van der Waals surface area contributed by atoms with Crippen molar-refractivity contribution in [3.8, 4) is 0 Å². The fourth-order valence-electron chi connectivity index (χ4n) is 1.37. The molecule has 1 atom stereocenters. The van der Waals surface area contributed by atoms with Crippen molar-refractivity contribution < 1.29 is 4.74 Å². The number of ether oxygens (including phenoxy) is 1. The molecule has 1 nitrogen and oxygen atoms in total. The number of epoxide rings is 1. The fraction of sp³-hybridized carbons (Fsp3) is 0.455. The van der Waals surface area contributed by atoms with Crippen LogP contribution in [0.1, 0.15) is 18.9 Å². The van der Waals surface area contributed by atoms with Crippen molar-refractivity contribution in [3.05, 3.63) is 34.9 Å². The molecule has 0 aromatic heterocycles. The molecule has 0 bridgehead atoms. The Morgan fingerprint density at radius 1 is 1.54 bits per heavy atom. The smallest absolute Gasteiger partial charge is 0.0891 e. The molecule has 1 aromatic carbocycles. The molecule has 1 fully saturated rings. The summed E-state index contributed by atoms with van der Waals surface area (Å²) in [4.78, 5) is 0. The highest BCUT2D eigenvalue weighted by atomic mass is 35.5. The zero-order valence-corrected chi connectivity index (χ0v) is 8.47. The summed E-state index contributed by atoms with van der Waals surface area (Å²) >= 11 is 5.88. The van der Waals surface area contributed by atoms with Gasteiger partial charge < -0.3 is 4.74 Å². The third kappa shape index (κ3) is 2.45. The van der Waals surface area contributed by atoms with Gasteiger partial charge in [0.25, 0.3) is 0 Å². The van der Waals surface area contributed by atoms with Gasteiger partial charge >= 0.3 is 0 Å². The van der Waals surface area contributed by atoms with Crippen LogP contribution in [-0.2, 0) is 11.2 Å². The van der Waals surface area contributed by atoms with Crippen LogP contribution >= 0.6 is 11.6 Å². The van der Waals surface area contributed by atoms with E-state index in [1.165, 1.54) is 5.56 Å². The molecule has 0 saturated carbocycles. The molecule has 1 aliphatic heterocycles. The lowest BCUT2D eigenvalue weighted by Gasteiger charge is -2.04. The Labute approximate surface area is 83.7 Å². The second kappa shape index (κ2) is 3.32. The maximum atomic E-state index is 5.88. The Morgan fingerprint density at radius 3 is 2.92 bits per heavy atom. The number of hydrogen-bond acceptors (Lipinski definition) is 1. The van der Waals surface area contributed by atoms with Gasteiger partial charge in [0.05, 0.1) is 12.2 Å². The fourth-order valence-corrected chi connectivity index (χ4v) is 1.58. The Balaban J connectivity index is 1.94. The Hall–Kier alpha value is -0.530. The molecular formula is C11H13ClO. The maximum Gasteiger partial charge on any atom is 0.0891 e. The summed E-state index contributed by atoms with van der Waals surface area (Å²) in [5.41, 5.74) is 1.45. The average Bonchev–Trinajstić information content (AvgIpc) is 2.82. The molecule has 0 aliphatic carbocycles. The van der Waals surface area contributed by atoms with Gasteiger partial charge in [-0.15, -0.1) is 0 Å². The molecule has 0 spiro atoms. The van der Waals surface area contributed by atoms with Crippen LogP contribution in [0.25, 0.3) is 0 Å². The Kier molecular flexibility index (Phi) is 2.31. The first-order valence-corrected chi connectivity index (χ1v) is 4.94. The molecule has 1 unspecified atom stereocenters. The van der Waals surface area contributed by atoms with Crippen molar-refractivity contribution in [2.24, 2.45) is 0 Å². The van der Waals surface area contributed by atoms with E-state index in [0.29, 0.717) is 0 Å². The second-order valence-corrected chi connectivity index (χ2v) is 4.30. The van der Waals surface area contributed by atoms with Crippen LogP contribution < -0.4 is 0 Å². The minimum atomic E-state index is 0.155. The van der Waals surface area contributed by atoms with Crippen LogP contribution in [0, 0.1) is 0 Å². The molecule has 13 heavy (non-hydrogen) atoms. The third-order valence-electron chi connectivity index (χ3n) is 2.47. The molecule has 2 rings (SSSR count). The van der Waals surface area contributed by atoms with Crippen molar-refractivity contribution in [2.75, 3.05) is 6.61 Å². The standard InChI is InChI=1S/C11H13ClO/c1-11(8-13-11)6-5-9-3-2-4-10(12)7-9/h2-4,7H,5-6,8H2,1H3. The first kappa shape index (κ1) is 9.04. The molecule has 2 heteroatoms. The summed E-state index contributed by atoms with van der Waals surface area (Å²) in [5, 5.41) is 0.819. The summed E-state index contributed by atoms with van der Waals surface area (Å²) < 4.78 is 5.31. The van der Waals surface area contributed by atoms with Crippen molar-refractivity contribution in [1.82, 2.24) is 0 Å². The van der Waals surface area contributed by atoms with Crippen molar-refractivity contribution in [3.63, 3.8) is 0 Å². The van der Waals surface area contributed by atoms with Gasteiger partial charge in [-0.2, -0.15) is 0 Å². The normalized spacial score (nSPS) is 26.0. The van der Waals surface area contributed by atoms with Gasteiger partial charge in [0.2, 0.25) is 0 Å². The van der Waals surface area contributed by atoms with Gasteiger partial charge in [-0.3, -0.25) is 0 Å². The lowest BCUT2D eigenvalue weighted by molar-refractivity contribution is 0.309. The van der Waals surface area contributed by atoms with Gasteiger partial charge in [-0.05, 0) is 37.5 Å². The lowest BCUT2D eigenvalue weighted by atomic mass is 10.0. The summed E-state index contributed by atoms with van der Waals surface area (Å²) in [6, 6.07) is 8.03. The first-order chi connectivity index (χ1) is 6.18. The highest BCUT2D eigenvalue weighted by Gasteiger charge is 2.38. The largest absolute Gasteiger partial charge is 0.370 e. The number of hydrogen-bond donors (Lipinski definition) is 0. The second-order valence-electron chi connectivity index (χ2n) is 3.87. The van der Waals surface area contributed by atoms with Crippen LogP contribution in [0.15, 0.2) is 24.3 Å². The summed E-state index contributed by atoms with van der Waals surface area (Å²) in [6.45, 7) is 3.06. The van der Waals surface area contributed by atoms with Crippen LogP contribution in [0.2, 0.25) is 5.02 Å². The van der Waals surface area contributed by atoms with Crippen molar-refractivity contribution in [2.45, 2.75) is 25.4 Å². The van der Waals surface area contributed by atoms with E-state index in [-0.39, 0.29) is 5.60 Å². The number of benzene rings is 1. The van der Waals surface area contributed by atoms with E-state index in [2.05, 4.69) is 13.0 Å². The van der Waals surface area contributed by atoms with Crippen molar-refractivity contribution >= 4 is 11.6 Å². The molecule has 70 valence electrons. The van der Waals surface area contributed by atoms with Crippen molar-refractivity contribution in [1.29, 1.82) is 0 Å². The number of halogens is 1. The topological polar surface area (TPSA) is 12.5 Å². The van der Waals surface area contributed by atoms with E-state index >= 15 is 0 Å². The van der Waals surface area contributed by atoms with Crippen LogP contribution in [0.5, 0.6) is 0 Å². The van der Waals surface area contributed by atoms with E-state index in [1.54, 1.807) is 0 Å². The highest BCUT2D eigenvalue weighted by molar-refractivity contribution is 6.30. The number of aryl methyl sites for hydroxylation is 1. The highest BCUT2D eigenvalue weighted by Crippen LogP contribution is 2.31. The molecule has 1 aliphatic rings. The van der Waals surface area contributed by atoms with Crippen LogP contribution in [0.3, 0.4) is 0 Å². The van der Waals surface area contributed by atoms with Gasteiger partial charge in [0, 0.05) is 5.02 Å². The summed E-state index contributed by atoms with van der Waals surface area (Å²) in [5.74, 6) is 0. The predicted octanol–water partition coefficient (Wildman–Crippen LogP) is 3.06. The van der Waals surface area contributed by atoms with Crippen LogP contribution in [0.4, 0.5) is 0 Å². The van der Waals surface area contributed by atoms with E-state index < -0.39 is 0 Å². The van der Waals surface area contributed by atoms with E-state index in [4.69, 9.17) is 16.3 Å². The lowest BCUT2D eigenvalue weighted by Crippen LogP contribution is -2.05. The first-order valence-electron chi connectivity index (χ1n) is 4.56. The summed E-state index contributed by atoms with van der Waals surface area (Å²) in [7, 11) is 0. The Morgan fingerprint density at radius 2 is 2.31 bits per heavy atom. The molecule has 0 amide bonds. The van der Waals surface area contributed by atoms with Gasteiger partial charge in [-0.1, -0.05) is 23.7 Å². The van der Waals surface area contributed by atoms with E-state index in [9.17, 15) is 0 Å². The molecule has 1 saturated heterocycles. The monoisotopic (exact) mass is 196 g/mol. The molecule has 0 radical (unpaired) electrons. The third-order valence-corrected chi connectivity index (χ3v) is 2.70. The molecular weight excluding hydrogens is 184 g/mol. The zero-order chi connectivity index (χ0) is 9.31. The van der Waals surface area contributed by atoms with Crippen LogP contribution in [-0.4, -0.2) is 12.2 Å². The van der Waals surface area contributed by atoms with E-state index in [0.717, 1.165) is 24.5 Å². The van der Waals surface area contributed by atoms with Gasteiger partial charge in [0.15, 0.2) is 0 Å². The maximum absolute atomic E-state index is 5.88.